The second kappa shape index (κ2) is 7.55. The summed E-state index contributed by atoms with van der Waals surface area (Å²) >= 11 is 0. The van der Waals surface area contributed by atoms with Gasteiger partial charge in [0.2, 0.25) is 0 Å². The zero-order valence-electron chi connectivity index (χ0n) is 14.1. The van der Waals surface area contributed by atoms with Gasteiger partial charge in [-0.25, -0.2) is 4.79 Å². The van der Waals surface area contributed by atoms with Crippen LogP contribution in [-0.2, 0) is 17.5 Å². The number of esters is 1. The summed E-state index contributed by atoms with van der Waals surface area (Å²) in [6.45, 7) is 3.57. The number of carbonyl (C=O) groups excluding carboxylic acids is 1. The smallest absolute Gasteiger partial charge is 0.425 e. The van der Waals surface area contributed by atoms with Gasteiger partial charge < -0.3 is 9.47 Å². The second-order valence-corrected chi connectivity index (χ2v) is 5.75. The van der Waals surface area contributed by atoms with Crippen LogP contribution in [0.4, 0.5) is 13.2 Å². The maximum atomic E-state index is 13.3. The Morgan fingerprint density at radius 2 is 1.80 bits per heavy atom. The molecule has 0 aliphatic carbocycles. The van der Waals surface area contributed by atoms with Gasteiger partial charge >= 0.3 is 12.1 Å². The topological polar surface area (TPSA) is 39.4 Å². The van der Waals surface area contributed by atoms with Crippen LogP contribution in [-0.4, -0.2) is 19.2 Å². The van der Waals surface area contributed by atoms with Crippen molar-refractivity contribution in [3.63, 3.8) is 0 Å². The van der Waals surface area contributed by atoms with Crippen molar-refractivity contribution in [2.45, 2.75) is 32.7 Å². The van der Waals surface area contributed by atoms with Gasteiger partial charge in [-0.2, -0.15) is 17.7 Å². The molecule has 0 amide bonds. The van der Waals surface area contributed by atoms with Gasteiger partial charge in [-0.3, -0.25) is 0 Å². The molecule has 0 aliphatic rings. The first-order valence-electron chi connectivity index (χ1n) is 7.65. The quantitative estimate of drug-likeness (QED) is 0.608. The number of halogens is 3. The van der Waals surface area contributed by atoms with Crippen molar-refractivity contribution >= 4 is 5.97 Å². The summed E-state index contributed by atoms with van der Waals surface area (Å²) in [4.78, 5) is 11.4. The molecule has 0 bridgehead atoms. The summed E-state index contributed by atoms with van der Waals surface area (Å²) < 4.78 is 51.0. The highest BCUT2D eigenvalue weighted by atomic mass is 19.4. The first-order valence-corrected chi connectivity index (χ1v) is 7.65. The van der Waals surface area contributed by atoms with Crippen molar-refractivity contribution in [3.05, 3.63) is 59.4 Å². The largest absolute Gasteiger partial charge is 0.490 e. The number of hydrogen-bond acceptors (Lipinski definition) is 3. The van der Waals surface area contributed by atoms with E-state index in [-0.39, 0.29) is 18.4 Å². The summed E-state index contributed by atoms with van der Waals surface area (Å²) in [6.07, 6.45) is -2.32. The number of methoxy groups -OCH3 is 1. The highest BCUT2D eigenvalue weighted by molar-refractivity contribution is 5.89. The Bertz CT molecular complexity index is 740. The van der Waals surface area contributed by atoms with Crippen molar-refractivity contribution in [1.29, 1.82) is 0 Å². The summed E-state index contributed by atoms with van der Waals surface area (Å²) in [7, 11) is 1.28. The second-order valence-electron chi connectivity index (χ2n) is 5.75. The van der Waals surface area contributed by atoms with E-state index in [1.165, 1.54) is 23.9 Å². The molecular weight excluding hydrogens is 335 g/mol. The first-order chi connectivity index (χ1) is 11.7. The monoisotopic (exact) mass is 354 g/mol. The average molecular weight is 354 g/mol. The maximum absolute atomic E-state index is 13.3. The molecule has 25 heavy (non-hydrogen) atoms. The van der Waals surface area contributed by atoms with Gasteiger partial charge in [0.25, 0.3) is 0 Å². The van der Waals surface area contributed by atoms with Gasteiger partial charge in [0, 0.05) is 11.6 Å². The summed E-state index contributed by atoms with van der Waals surface area (Å²) in [5.74, 6) is -0.659. The zero-order chi connectivity index (χ0) is 18.6. The standard InChI is InChI=1S/C18H19F3NO3/c1-12(2)25-16-8-9-22(11-15(16)18(19,20)21)10-13-4-6-14(7-5-13)17(23)24-3/h4-9,11-12H,10H2,1-3H3/q+1. The summed E-state index contributed by atoms with van der Waals surface area (Å²) in [5, 5.41) is 0. The Balaban J connectivity index is 2.26. The molecular formula is C18H19F3NO3+. The molecule has 0 fully saturated rings. The van der Waals surface area contributed by atoms with Crippen molar-refractivity contribution in [1.82, 2.24) is 0 Å². The van der Waals surface area contributed by atoms with Crippen LogP contribution in [0.1, 0.15) is 35.3 Å². The predicted octanol–water partition coefficient (Wildman–Crippen LogP) is 3.62. The highest BCUT2D eigenvalue weighted by Gasteiger charge is 2.37. The van der Waals surface area contributed by atoms with Crippen molar-refractivity contribution in [2.24, 2.45) is 0 Å². The molecule has 7 heteroatoms. The van der Waals surface area contributed by atoms with E-state index in [1.54, 1.807) is 38.1 Å². The van der Waals surface area contributed by atoms with E-state index in [2.05, 4.69) is 4.74 Å². The Kier molecular flexibility index (Phi) is 5.66. The van der Waals surface area contributed by atoms with Crippen LogP contribution in [0.25, 0.3) is 0 Å². The van der Waals surface area contributed by atoms with E-state index in [9.17, 15) is 18.0 Å². The normalized spacial score (nSPS) is 11.5. The molecule has 1 heterocycles. The fraction of sp³-hybridized carbons (Fsp3) is 0.333. The third-order valence-corrected chi connectivity index (χ3v) is 3.39. The van der Waals surface area contributed by atoms with Crippen molar-refractivity contribution in [2.75, 3.05) is 7.11 Å². The van der Waals surface area contributed by atoms with E-state index < -0.39 is 17.7 Å². The maximum Gasteiger partial charge on any atom is 0.425 e. The van der Waals surface area contributed by atoms with Crippen LogP contribution in [0.15, 0.2) is 42.7 Å². The number of aromatic nitrogens is 1. The van der Waals surface area contributed by atoms with E-state index >= 15 is 0 Å². The number of nitrogens with zero attached hydrogens (tertiary/aromatic N) is 1. The van der Waals surface area contributed by atoms with Crippen LogP contribution >= 0.6 is 0 Å². The minimum absolute atomic E-state index is 0.195. The van der Waals surface area contributed by atoms with Crippen LogP contribution < -0.4 is 9.30 Å². The lowest BCUT2D eigenvalue weighted by Gasteiger charge is -2.15. The van der Waals surface area contributed by atoms with Crippen LogP contribution in [0.2, 0.25) is 0 Å². The van der Waals surface area contributed by atoms with Gasteiger partial charge in [-0.05, 0) is 26.0 Å². The number of ether oxygens (including phenoxy) is 2. The lowest BCUT2D eigenvalue weighted by atomic mass is 10.1. The number of carbonyl (C=O) groups is 1. The predicted molar refractivity (Wildman–Crippen MR) is 84.3 cm³/mol. The van der Waals surface area contributed by atoms with Gasteiger partial charge in [0.1, 0.15) is 5.75 Å². The first kappa shape index (κ1) is 18.8. The van der Waals surface area contributed by atoms with Crippen LogP contribution in [0.3, 0.4) is 0 Å². The minimum atomic E-state index is -4.51. The third kappa shape index (κ3) is 4.95. The third-order valence-electron chi connectivity index (χ3n) is 3.39. The fourth-order valence-corrected chi connectivity index (χ4v) is 2.27. The average Bonchev–Trinajstić information content (AvgIpc) is 2.55. The Hall–Kier alpha value is -2.57. The molecule has 0 spiro atoms. The number of benzene rings is 1. The Labute approximate surface area is 143 Å². The number of rotatable bonds is 5. The molecule has 1 aromatic carbocycles. The number of alkyl halides is 3. The van der Waals surface area contributed by atoms with Crippen LogP contribution in [0, 0.1) is 0 Å². The molecule has 0 aliphatic heterocycles. The number of pyridine rings is 1. The molecule has 0 saturated heterocycles. The molecule has 2 aromatic rings. The van der Waals surface area contributed by atoms with Crippen molar-refractivity contribution in [3.8, 4) is 5.75 Å². The van der Waals surface area contributed by atoms with Crippen molar-refractivity contribution < 1.29 is 32.0 Å². The van der Waals surface area contributed by atoms with E-state index in [1.807, 2.05) is 0 Å². The van der Waals surface area contributed by atoms with E-state index in [4.69, 9.17) is 4.74 Å². The van der Waals surface area contributed by atoms with Gasteiger partial charge in [0.05, 0.1) is 18.8 Å². The Morgan fingerprint density at radius 3 is 2.32 bits per heavy atom. The van der Waals surface area contributed by atoms with Gasteiger partial charge in [0.15, 0.2) is 24.5 Å². The van der Waals surface area contributed by atoms with E-state index in [0.29, 0.717) is 5.56 Å². The van der Waals surface area contributed by atoms with Crippen LogP contribution in [0.5, 0.6) is 5.75 Å². The molecule has 0 atom stereocenters. The minimum Gasteiger partial charge on any atom is -0.490 e. The SMILES string of the molecule is COC(=O)c1ccc(C[n+]2ccc(OC(C)C)c(C(F)(F)F)c2)cc1. The molecule has 0 N–H and O–H groups in total. The molecule has 0 radical (unpaired) electrons. The van der Waals surface area contributed by atoms with Gasteiger partial charge in [-0.1, -0.05) is 12.1 Å². The lowest BCUT2D eigenvalue weighted by molar-refractivity contribution is -0.689. The molecule has 0 saturated carbocycles. The molecule has 2 rings (SSSR count). The fourth-order valence-electron chi connectivity index (χ4n) is 2.27. The van der Waals surface area contributed by atoms with Gasteiger partial charge in [-0.15, -0.1) is 0 Å². The molecule has 134 valence electrons. The lowest BCUT2D eigenvalue weighted by Crippen LogP contribution is -2.35. The Morgan fingerprint density at radius 1 is 1.16 bits per heavy atom. The van der Waals surface area contributed by atoms with E-state index in [0.717, 1.165) is 11.8 Å². The molecule has 1 aromatic heterocycles. The number of hydrogen-bond donors (Lipinski definition) is 0. The summed E-state index contributed by atoms with van der Waals surface area (Å²) in [6, 6.07) is 7.80. The molecule has 0 unspecified atom stereocenters. The zero-order valence-corrected chi connectivity index (χ0v) is 14.1. The summed E-state index contributed by atoms with van der Waals surface area (Å²) in [5.41, 5.74) is 0.311. The highest BCUT2D eigenvalue weighted by Crippen LogP contribution is 2.35. The molecule has 4 nitrogen and oxygen atoms in total.